The summed E-state index contributed by atoms with van der Waals surface area (Å²) in [5.41, 5.74) is 0. The normalized spacial score (nSPS) is 12.3. The second-order valence-corrected chi connectivity index (χ2v) is 5.84. The van der Waals surface area contributed by atoms with Crippen LogP contribution in [-0.2, 0) is 0 Å². The molecule has 0 aliphatic carbocycles. The molecule has 0 aliphatic heterocycles. The smallest absolute Gasteiger partial charge is 0.00354 e. The molecule has 1 aromatic heterocycles. The molecule has 0 spiro atoms. The molecule has 0 N–H and O–H groups in total. The van der Waals surface area contributed by atoms with Crippen molar-refractivity contribution in [3.05, 3.63) is 42.2 Å². The number of fused-ring (bicyclic) bond motifs is 3. The third-order valence-electron chi connectivity index (χ3n) is 2.35. The van der Waals surface area contributed by atoms with Crippen LogP contribution in [0.3, 0.4) is 0 Å². The SMILES string of the molecule is c1ccc2c(c1)ccc1[pH]pcc12. The topological polar surface area (TPSA) is 0 Å². The summed E-state index contributed by atoms with van der Waals surface area (Å²) in [6.07, 6.45) is 0. The lowest BCUT2D eigenvalue weighted by Gasteiger charge is -1.97. The van der Waals surface area contributed by atoms with Crippen molar-refractivity contribution in [1.82, 2.24) is 0 Å². The molecule has 13 heavy (non-hydrogen) atoms. The number of benzene rings is 2. The van der Waals surface area contributed by atoms with Gasteiger partial charge in [-0.15, -0.1) is 7.87 Å². The van der Waals surface area contributed by atoms with E-state index in [-0.39, 0.29) is 0 Å². The average Bonchev–Trinajstić information content (AvgIpc) is 2.65. The molecule has 2 aromatic carbocycles. The van der Waals surface area contributed by atoms with Gasteiger partial charge in [0, 0.05) is 5.12 Å². The van der Waals surface area contributed by atoms with E-state index in [1.165, 1.54) is 29.1 Å². The number of hydrogen-bond donors (Lipinski definition) is 0. The van der Waals surface area contributed by atoms with E-state index in [9.17, 15) is 0 Å². The Morgan fingerprint density at radius 3 is 2.85 bits per heavy atom. The Morgan fingerprint density at radius 2 is 1.85 bits per heavy atom. The zero-order valence-corrected chi connectivity index (χ0v) is 8.88. The Labute approximate surface area is 79.7 Å². The van der Waals surface area contributed by atoms with Crippen molar-refractivity contribution in [3.63, 3.8) is 0 Å². The molecular weight excluding hydrogens is 194 g/mol. The first kappa shape index (κ1) is 7.56. The standard InChI is InChI=1S/C11H8P2/c1-2-4-9-8(3-1)5-6-11-10(9)7-12-13-11/h1-7,13H. The number of hydrogen-bond acceptors (Lipinski definition) is 0. The van der Waals surface area contributed by atoms with Crippen molar-refractivity contribution < 1.29 is 0 Å². The third kappa shape index (κ3) is 1.10. The van der Waals surface area contributed by atoms with E-state index in [1.54, 1.807) is 0 Å². The van der Waals surface area contributed by atoms with Gasteiger partial charge < -0.3 is 0 Å². The van der Waals surface area contributed by atoms with Crippen molar-refractivity contribution in [2.45, 2.75) is 0 Å². The summed E-state index contributed by atoms with van der Waals surface area (Å²) in [6.45, 7) is 0. The van der Waals surface area contributed by atoms with Crippen LogP contribution in [0.4, 0.5) is 0 Å². The molecule has 0 nitrogen and oxygen atoms in total. The first-order valence-electron chi connectivity index (χ1n) is 4.26. The summed E-state index contributed by atoms with van der Waals surface area (Å²) in [5, 5.41) is 5.77. The predicted molar refractivity (Wildman–Crippen MR) is 63.5 cm³/mol. The van der Waals surface area contributed by atoms with Gasteiger partial charge in [0.25, 0.3) is 0 Å². The highest BCUT2D eigenvalue weighted by atomic mass is 31.8. The van der Waals surface area contributed by atoms with Gasteiger partial charge in [0.15, 0.2) is 0 Å². The van der Waals surface area contributed by atoms with Crippen molar-refractivity contribution in [2.75, 3.05) is 0 Å². The van der Waals surface area contributed by atoms with Crippen LogP contribution in [0, 0.1) is 0 Å². The zero-order chi connectivity index (χ0) is 8.67. The van der Waals surface area contributed by atoms with Gasteiger partial charge in [-0.3, -0.25) is 0 Å². The van der Waals surface area contributed by atoms with Gasteiger partial charge in [-0.05, 0) is 28.0 Å². The molecule has 0 bridgehead atoms. The van der Waals surface area contributed by atoms with Crippen molar-refractivity contribution in [1.29, 1.82) is 0 Å². The van der Waals surface area contributed by atoms with E-state index < -0.39 is 0 Å². The molecule has 62 valence electrons. The molecule has 0 aliphatic rings. The van der Waals surface area contributed by atoms with Gasteiger partial charge in [0.2, 0.25) is 0 Å². The maximum atomic E-state index is 2.34. The largest absolute Gasteiger partial charge is 0.103 e. The lowest BCUT2D eigenvalue weighted by molar-refractivity contribution is 1.82. The Bertz CT molecular complexity index is 566. The molecule has 0 saturated carbocycles. The second-order valence-electron chi connectivity index (χ2n) is 3.12. The van der Waals surface area contributed by atoms with E-state index in [0.717, 1.165) is 7.87 Å². The van der Waals surface area contributed by atoms with E-state index in [1.807, 2.05) is 0 Å². The van der Waals surface area contributed by atoms with E-state index in [0.29, 0.717) is 0 Å². The first-order valence-corrected chi connectivity index (χ1v) is 7.06. The molecule has 1 atom stereocenters. The van der Waals surface area contributed by atoms with Crippen LogP contribution in [-0.4, -0.2) is 0 Å². The highest BCUT2D eigenvalue weighted by Crippen LogP contribution is 2.37. The van der Waals surface area contributed by atoms with Crippen LogP contribution < -0.4 is 0 Å². The summed E-state index contributed by atoms with van der Waals surface area (Å²) in [7, 11) is 2.43. The Balaban J connectivity index is 2.65. The molecule has 1 heterocycles. The molecular formula is C11H8P2. The minimum absolute atomic E-state index is 0.960. The molecule has 3 rings (SSSR count). The fraction of sp³-hybridized carbons (Fsp3) is 0. The van der Waals surface area contributed by atoms with Crippen LogP contribution in [0.2, 0.25) is 0 Å². The Hall–Kier alpha value is -0.830. The monoisotopic (exact) mass is 202 g/mol. The Kier molecular flexibility index (Phi) is 1.65. The minimum Gasteiger partial charge on any atom is -0.103 e. The van der Waals surface area contributed by atoms with E-state index >= 15 is 0 Å². The molecule has 2 heteroatoms. The molecule has 0 amide bonds. The summed E-state index contributed by atoms with van der Waals surface area (Å²) >= 11 is 0. The van der Waals surface area contributed by atoms with Crippen molar-refractivity contribution in [2.24, 2.45) is 0 Å². The fourth-order valence-electron chi connectivity index (χ4n) is 1.70. The van der Waals surface area contributed by atoms with E-state index in [2.05, 4.69) is 42.2 Å². The Morgan fingerprint density at radius 1 is 0.923 bits per heavy atom. The first-order chi connectivity index (χ1) is 6.45. The third-order valence-corrected chi connectivity index (χ3v) is 5.04. The van der Waals surface area contributed by atoms with Crippen molar-refractivity contribution in [3.8, 4) is 0 Å². The zero-order valence-electron chi connectivity index (χ0n) is 6.99. The maximum absolute atomic E-state index is 2.34. The maximum Gasteiger partial charge on any atom is 0.00354 e. The summed E-state index contributed by atoms with van der Waals surface area (Å²) in [5.74, 6) is 2.34. The lowest BCUT2D eigenvalue weighted by atomic mass is 10.1. The molecule has 1 unspecified atom stereocenters. The highest BCUT2D eigenvalue weighted by molar-refractivity contribution is 7.93. The molecule has 0 radical (unpaired) electrons. The molecule has 0 fully saturated rings. The second kappa shape index (κ2) is 2.84. The molecule has 3 aromatic rings. The van der Waals surface area contributed by atoms with Gasteiger partial charge in [-0.25, -0.2) is 0 Å². The summed E-state index contributed by atoms with van der Waals surface area (Å²) in [4.78, 5) is 0. The van der Waals surface area contributed by atoms with Gasteiger partial charge in [-0.1, -0.05) is 38.2 Å². The predicted octanol–water partition coefficient (Wildman–Crippen LogP) is 4.60. The van der Waals surface area contributed by atoms with Crippen molar-refractivity contribution >= 4 is 37.0 Å². The average molecular weight is 202 g/mol. The minimum atomic E-state index is 0.960. The highest BCUT2D eigenvalue weighted by Gasteiger charge is 1.98. The van der Waals surface area contributed by atoms with Crippen LogP contribution >= 0.6 is 15.7 Å². The van der Waals surface area contributed by atoms with Crippen LogP contribution in [0.5, 0.6) is 0 Å². The van der Waals surface area contributed by atoms with Gasteiger partial charge >= 0.3 is 0 Å². The summed E-state index contributed by atoms with van der Waals surface area (Å²) in [6, 6.07) is 13.1. The molecule has 0 saturated heterocycles. The lowest BCUT2D eigenvalue weighted by Crippen LogP contribution is -1.70. The van der Waals surface area contributed by atoms with E-state index in [4.69, 9.17) is 0 Å². The van der Waals surface area contributed by atoms with Crippen LogP contribution in [0.15, 0.2) is 42.2 Å². The van der Waals surface area contributed by atoms with Crippen LogP contribution in [0.25, 0.3) is 21.3 Å². The van der Waals surface area contributed by atoms with Crippen LogP contribution in [0.1, 0.15) is 0 Å². The number of rotatable bonds is 0. The van der Waals surface area contributed by atoms with Gasteiger partial charge in [0.05, 0.1) is 0 Å². The fourth-order valence-corrected chi connectivity index (χ4v) is 4.50. The quantitative estimate of drug-likeness (QED) is 0.499. The van der Waals surface area contributed by atoms with Gasteiger partial charge in [-0.2, -0.15) is 0 Å². The summed E-state index contributed by atoms with van der Waals surface area (Å²) < 4.78 is 0. The van der Waals surface area contributed by atoms with Gasteiger partial charge in [0.1, 0.15) is 0 Å².